The molecular weight excluding hydrogens is 292 g/mol. The zero-order chi connectivity index (χ0) is 12.4. The van der Waals surface area contributed by atoms with E-state index in [0.29, 0.717) is 6.54 Å². The van der Waals surface area contributed by atoms with Crippen LogP contribution in [0.1, 0.15) is 5.82 Å². The first-order chi connectivity index (χ1) is 8.08. The van der Waals surface area contributed by atoms with Gasteiger partial charge in [0.2, 0.25) is 0 Å². The highest BCUT2D eigenvalue weighted by Crippen LogP contribution is 2.23. The molecule has 1 N–H and O–H groups in total. The van der Waals surface area contributed by atoms with E-state index in [9.17, 15) is 8.78 Å². The second-order valence-electron chi connectivity index (χ2n) is 3.55. The Morgan fingerprint density at radius 2 is 2.12 bits per heavy atom. The van der Waals surface area contributed by atoms with Gasteiger partial charge in [-0.2, -0.15) is 0 Å². The molecule has 0 atom stereocenters. The van der Waals surface area contributed by atoms with Crippen molar-refractivity contribution in [2.24, 2.45) is 7.05 Å². The molecule has 0 aliphatic rings. The summed E-state index contributed by atoms with van der Waals surface area (Å²) in [7, 11) is 1.84. The highest BCUT2D eigenvalue weighted by Gasteiger charge is 2.08. The monoisotopic (exact) mass is 301 g/mol. The fourth-order valence-electron chi connectivity index (χ4n) is 1.40. The molecule has 2 rings (SSSR count). The predicted octanol–water partition coefficient (Wildman–Crippen LogP) is 3.07. The molecule has 17 heavy (non-hydrogen) atoms. The minimum absolute atomic E-state index is 0.109. The Morgan fingerprint density at radius 1 is 1.35 bits per heavy atom. The zero-order valence-corrected chi connectivity index (χ0v) is 10.6. The van der Waals surface area contributed by atoms with E-state index >= 15 is 0 Å². The average molecular weight is 302 g/mol. The Bertz CT molecular complexity index is 540. The van der Waals surface area contributed by atoms with Crippen LogP contribution < -0.4 is 5.32 Å². The molecule has 3 nitrogen and oxygen atoms in total. The molecule has 0 spiro atoms. The molecule has 2 aromatic rings. The summed E-state index contributed by atoms with van der Waals surface area (Å²) in [6.07, 6.45) is 3.44. The third kappa shape index (κ3) is 2.63. The van der Waals surface area contributed by atoms with Crippen molar-refractivity contribution >= 4 is 21.6 Å². The van der Waals surface area contributed by atoms with Crippen molar-refractivity contribution < 1.29 is 8.78 Å². The van der Waals surface area contributed by atoms with Gasteiger partial charge in [-0.15, -0.1) is 0 Å². The lowest BCUT2D eigenvalue weighted by molar-refractivity contribution is 0.596. The summed E-state index contributed by atoms with van der Waals surface area (Å²) in [5, 5.41) is 2.81. The molecule has 1 aromatic carbocycles. The normalized spacial score (nSPS) is 10.6. The van der Waals surface area contributed by atoms with Crippen molar-refractivity contribution in [3.63, 3.8) is 0 Å². The number of anilines is 1. The summed E-state index contributed by atoms with van der Waals surface area (Å²) in [6, 6.07) is 2.21. The van der Waals surface area contributed by atoms with Crippen LogP contribution in [-0.4, -0.2) is 9.55 Å². The minimum Gasteiger partial charge on any atom is -0.375 e. The van der Waals surface area contributed by atoms with Crippen molar-refractivity contribution in [3.05, 3.63) is 46.5 Å². The van der Waals surface area contributed by atoms with Crippen LogP contribution in [-0.2, 0) is 13.6 Å². The summed E-state index contributed by atoms with van der Waals surface area (Å²) in [6.45, 7) is 0.335. The Balaban J connectivity index is 2.14. The lowest BCUT2D eigenvalue weighted by Crippen LogP contribution is -2.07. The van der Waals surface area contributed by atoms with Gasteiger partial charge in [-0.1, -0.05) is 0 Å². The molecule has 0 aliphatic carbocycles. The maximum absolute atomic E-state index is 13.5. The first kappa shape index (κ1) is 12.0. The molecule has 0 saturated heterocycles. The molecule has 0 bridgehead atoms. The number of aryl methyl sites for hydroxylation is 1. The van der Waals surface area contributed by atoms with E-state index in [1.165, 1.54) is 0 Å². The number of nitrogens with zero attached hydrogens (tertiary/aromatic N) is 2. The Hall–Kier alpha value is -1.43. The fourth-order valence-corrected chi connectivity index (χ4v) is 1.71. The topological polar surface area (TPSA) is 29.9 Å². The van der Waals surface area contributed by atoms with E-state index in [-0.39, 0.29) is 10.2 Å². The molecule has 1 heterocycles. The van der Waals surface area contributed by atoms with Gasteiger partial charge in [0.15, 0.2) is 0 Å². The Morgan fingerprint density at radius 3 is 2.76 bits per heavy atom. The second kappa shape index (κ2) is 4.83. The highest BCUT2D eigenvalue weighted by molar-refractivity contribution is 9.10. The minimum atomic E-state index is -0.507. The van der Waals surface area contributed by atoms with Gasteiger partial charge in [-0.05, 0) is 22.0 Å². The van der Waals surface area contributed by atoms with Crippen molar-refractivity contribution in [1.82, 2.24) is 9.55 Å². The maximum atomic E-state index is 13.5. The number of rotatable bonds is 3. The average Bonchev–Trinajstić information content (AvgIpc) is 2.68. The molecule has 6 heteroatoms. The maximum Gasteiger partial charge on any atom is 0.147 e. The number of imidazole rings is 1. The Kier molecular flexibility index (Phi) is 3.42. The van der Waals surface area contributed by atoms with Crippen LogP contribution >= 0.6 is 15.9 Å². The quantitative estimate of drug-likeness (QED) is 0.883. The van der Waals surface area contributed by atoms with E-state index in [1.807, 2.05) is 7.05 Å². The summed E-state index contributed by atoms with van der Waals surface area (Å²) in [4.78, 5) is 4.08. The third-order valence-electron chi connectivity index (χ3n) is 2.37. The molecule has 90 valence electrons. The SMILES string of the molecule is Cn1ccnc1CNc1cc(F)c(Br)cc1F. The molecule has 0 fully saturated rings. The van der Waals surface area contributed by atoms with Gasteiger partial charge in [0.25, 0.3) is 0 Å². The van der Waals surface area contributed by atoms with Gasteiger partial charge in [-0.3, -0.25) is 0 Å². The van der Waals surface area contributed by atoms with Crippen LogP contribution in [0.2, 0.25) is 0 Å². The van der Waals surface area contributed by atoms with Gasteiger partial charge < -0.3 is 9.88 Å². The second-order valence-corrected chi connectivity index (χ2v) is 4.41. The van der Waals surface area contributed by atoms with E-state index in [4.69, 9.17) is 0 Å². The number of hydrogen-bond acceptors (Lipinski definition) is 2. The largest absolute Gasteiger partial charge is 0.375 e. The summed E-state index contributed by atoms with van der Waals surface area (Å²) >= 11 is 2.92. The van der Waals surface area contributed by atoms with E-state index in [1.54, 1.807) is 17.0 Å². The zero-order valence-electron chi connectivity index (χ0n) is 9.04. The van der Waals surface area contributed by atoms with Gasteiger partial charge >= 0.3 is 0 Å². The number of benzene rings is 1. The van der Waals surface area contributed by atoms with E-state index < -0.39 is 11.6 Å². The van der Waals surface area contributed by atoms with Crippen molar-refractivity contribution in [2.45, 2.75) is 6.54 Å². The molecule has 0 unspecified atom stereocenters. The van der Waals surface area contributed by atoms with Gasteiger partial charge in [-0.25, -0.2) is 13.8 Å². The van der Waals surface area contributed by atoms with Crippen LogP contribution in [0.4, 0.5) is 14.5 Å². The van der Waals surface area contributed by atoms with Crippen molar-refractivity contribution in [3.8, 4) is 0 Å². The summed E-state index contributed by atoms with van der Waals surface area (Å²) in [5.74, 6) is -0.269. The molecule has 1 aromatic heterocycles. The number of halogens is 3. The third-order valence-corrected chi connectivity index (χ3v) is 2.98. The lowest BCUT2D eigenvalue weighted by Gasteiger charge is -2.08. The predicted molar refractivity (Wildman–Crippen MR) is 64.6 cm³/mol. The number of nitrogens with one attached hydrogen (secondary N) is 1. The first-order valence-electron chi connectivity index (χ1n) is 4.92. The lowest BCUT2D eigenvalue weighted by atomic mass is 10.3. The van der Waals surface area contributed by atoms with Gasteiger partial charge in [0.05, 0.1) is 16.7 Å². The van der Waals surface area contributed by atoms with E-state index in [0.717, 1.165) is 18.0 Å². The smallest absolute Gasteiger partial charge is 0.147 e. The molecular formula is C11H10BrF2N3. The Labute approximate surface area is 106 Å². The van der Waals surface area contributed by atoms with Gasteiger partial charge in [0.1, 0.15) is 17.5 Å². The van der Waals surface area contributed by atoms with Crippen molar-refractivity contribution in [2.75, 3.05) is 5.32 Å². The summed E-state index contributed by atoms with van der Waals surface area (Å²) in [5.41, 5.74) is 0.119. The van der Waals surface area contributed by atoms with Crippen molar-refractivity contribution in [1.29, 1.82) is 0 Å². The molecule has 0 amide bonds. The number of aromatic nitrogens is 2. The standard InChI is InChI=1S/C11H10BrF2N3/c1-17-3-2-15-11(17)6-16-10-5-8(13)7(12)4-9(10)14/h2-5,16H,6H2,1H3. The van der Waals surface area contributed by atoms with Gasteiger partial charge in [0, 0.05) is 25.5 Å². The molecule has 0 aliphatic heterocycles. The van der Waals surface area contributed by atoms with Crippen LogP contribution in [0.3, 0.4) is 0 Å². The fraction of sp³-hybridized carbons (Fsp3) is 0.182. The van der Waals surface area contributed by atoms with E-state index in [2.05, 4.69) is 26.2 Å². The molecule has 0 saturated carbocycles. The van der Waals surface area contributed by atoms with Crippen LogP contribution in [0.5, 0.6) is 0 Å². The summed E-state index contributed by atoms with van der Waals surface area (Å²) < 4.78 is 28.6. The number of hydrogen-bond donors (Lipinski definition) is 1. The highest BCUT2D eigenvalue weighted by atomic mass is 79.9. The first-order valence-corrected chi connectivity index (χ1v) is 5.72. The van der Waals surface area contributed by atoms with Crippen LogP contribution in [0.15, 0.2) is 29.0 Å². The van der Waals surface area contributed by atoms with Crippen LogP contribution in [0.25, 0.3) is 0 Å². The van der Waals surface area contributed by atoms with Crippen LogP contribution in [0, 0.1) is 11.6 Å². The molecule has 0 radical (unpaired) electrons.